The Balaban J connectivity index is 1.43. The number of rotatable bonds is 7. The minimum Gasteiger partial charge on any atom is -0.494 e. The molecule has 2 aromatic heterocycles. The van der Waals surface area contributed by atoms with Gasteiger partial charge in [-0.15, -0.1) is 0 Å². The number of aliphatic hydroxyl groups is 1. The summed E-state index contributed by atoms with van der Waals surface area (Å²) < 4.78 is 51.1. The largest absolute Gasteiger partial charge is 0.494 e. The number of β-amino-alcohol motifs (C(OH)–C–C–N with tert-alkyl or cyclic N) is 1. The van der Waals surface area contributed by atoms with Gasteiger partial charge < -0.3 is 30.2 Å². The summed E-state index contributed by atoms with van der Waals surface area (Å²) >= 11 is 0. The molecule has 2 aromatic carbocycles. The average molecular weight is 556 g/mol. The number of anilines is 1. The van der Waals surface area contributed by atoms with Crippen molar-refractivity contribution < 1.29 is 32.2 Å². The van der Waals surface area contributed by atoms with Gasteiger partial charge in [-0.3, -0.25) is 4.79 Å². The number of nitrogens with two attached hydrogens (primary N) is 1. The molecule has 5 rings (SSSR count). The van der Waals surface area contributed by atoms with Crippen molar-refractivity contribution in [1.82, 2.24) is 15.3 Å². The van der Waals surface area contributed by atoms with E-state index in [0.29, 0.717) is 23.9 Å². The molecule has 2 atom stereocenters. The molecule has 210 valence electrons. The number of aliphatic hydroxyl groups excluding tert-OH is 1. The second-order valence-corrected chi connectivity index (χ2v) is 9.67. The molecule has 9 nitrogen and oxygen atoms in total. The van der Waals surface area contributed by atoms with Gasteiger partial charge in [-0.25, -0.2) is 9.97 Å². The monoisotopic (exact) mass is 555 g/mol. The van der Waals surface area contributed by atoms with Crippen molar-refractivity contribution in [2.75, 3.05) is 25.1 Å². The van der Waals surface area contributed by atoms with Crippen LogP contribution in [0.15, 0.2) is 52.9 Å². The lowest BCUT2D eigenvalue weighted by Gasteiger charge is -2.18. The molecule has 0 aliphatic carbocycles. The van der Waals surface area contributed by atoms with Crippen LogP contribution >= 0.6 is 0 Å². The summed E-state index contributed by atoms with van der Waals surface area (Å²) in [5, 5.41) is 13.0. The number of hydrogen-bond donors (Lipinski definition) is 3. The van der Waals surface area contributed by atoms with Crippen LogP contribution in [0.2, 0.25) is 0 Å². The lowest BCUT2D eigenvalue weighted by Crippen LogP contribution is -2.26. The van der Waals surface area contributed by atoms with E-state index >= 15 is 0 Å². The van der Waals surface area contributed by atoms with Crippen LogP contribution in [0.3, 0.4) is 0 Å². The second kappa shape index (κ2) is 10.8. The molecule has 0 bridgehead atoms. The van der Waals surface area contributed by atoms with E-state index in [1.54, 1.807) is 13.0 Å². The number of halogens is 3. The number of aromatic nitrogens is 2. The summed E-state index contributed by atoms with van der Waals surface area (Å²) in [6, 6.07) is 12.2. The Morgan fingerprint density at radius 1 is 1.25 bits per heavy atom. The Bertz CT molecular complexity index is 1550. The number of hydrogen-bond acceptors (Lipinski definition) is 8. The van der Waals surface area contributed by atoms with E-state index in [0.717, 1.165) is 23.9 Å². The van der Waals surface area contributed by atoms with Crippen molar-refractivity contribution >= 4 is 22.5 Å². The molecule has 0 radical (unpaired) electrons. The molecule has 0 unspecified atom stereocenters. The molecule has 1 amide bonds. The Morgan fingerprint density at radius 2 is 2.05 bits per heavy atom. The third kappa shape index (κ3) is 5.45. The van der Waals surface area contributed by atoms with E-state index in [2.05, 4.69) is 20.2 Å². The first-order valence-electron chi connectivity index (χ1n) is 12.7. The van der Waals surface area contributed by atoms with Gasteiger partial charge in [-0.1, -0.05) is 12.1 Å². The fourth-order valence-electron chi connectivity index (χ4n) is 4.73. The first-order chi connectivity index (χ1) is 19.0. The molecule has 40 heavy (non-hydrogen) atoms. The number of alkyl halides is 3. The standard InChI is InChI=1S/C28H28F3N5O4/c1-15(32)25-24(26(38)33-13-16-4-3-5-17(12-16)36-11-10-18(37)14-36)35-27(40-25)20-6-8-21(39-2)23-19(20)7-9-22(34-23)28(29,30)31/h3-9,12,15,18,37H,10-11,13-14,32H2,1-2H3,(H,33,38)/t15-,18-/m0/s1. The summed E-state index contributed by atoms with van der Waals surface area (Å²) in [5.41, 5.74) is 7.11. The molecule has 1 aliphatic rings. The van der Waals surface area contributed by atoms with Crippen molar-refractivity contribution in [3.05, 3.63) is 71.2 Å². The predicted molar refractivity (Wildman–Crippen MR) is 142 cm³/mol. The number of pyridine rings is 1. The molecular formula is C28H28F3N5O4. The fourth-order valence-corrected chi connectivity index (χ4v) is 4.73. The molecule has 1 aliphatic heterocycles. The van der Waals surface area contributed by atoms with Crippen LogP contribution < -0.4 is 20.7 Å². The van der Waals surface area contributed by atoms with E-state index in [1.807, 2.05) is 24.3 Å². The molecule has 4 N–H and O–H groups in total. The zero-order chi connectivity index (χ0) is 28.6. The predicted octanol–water partition coefficient (Wildman–Crippen LogP) is 4.44. The Labute approximate surface area is 227 Å². The van der Waals surface area contributed by atoms with Crippen LogP contribution in [0.1, 0.15) is 46.9 Å². The highest BCUT2D eigenvalue weighted by molar-refractivity contribution is 5.98. The van der Waals surface area contributed by atoms with Gasteiger partial charge in [0.1, 0.15) is 17.0 Å². The van der Waals surface area contributed by atoms with Crippen molar-refractivity contribution in [1.29, 1.82) is 0 Å². The van der Waals surface area contributed by atoms with Crippen LogP contribution in [0, 0.1) is 0 Å². The molecule has 0 saturated carbocycles. The lowest BCUT2D eigenvalue weighted by molar-refractivity contribution is -0.140. The molecule has 1 saturated heterocycles. The van der Waals surface area contributed by atoms with E-state index in [1.165, 1.54) is 19.2 Å². The van der Waals surface area contributed by atoms with Crippen LogP contribution in [0.4, 0.5) is 18.9 Å². The number of fused-ring (bicyclic) bond motifs is 1. The van der Waals surface area contributed by atoms with E-state index in [9.17, 15) is 23.1 Å². The molecule has 4 aromatic rings. The van der Waals surface area contributed by atoms with Crippen LogP contribution in [-0.2, 0) is 12.7 Å². The molecular weight excluding hydrogens is 527 g/mol. The summed E-state index contributed by atoms with van der Waals surface area (Å²) in [6.45, 7) is 3.16. The normalized spacial score (nSPS) is 16.4. The maximum absolute atomic E-state index is 13.3. The van der Waals surface area contributed by atoms with Gasteiger partial charge in [0.25, 0.3) is 5.91 Å². The smallest absolute Gasteiger partial charge is 0.433 e. The highest BCUT2D eigenvalue weighted by Crippen LogP contribution is 2.37. The molecule has 0 spiro atoms. The third-order valence-corrected chi connectivity index (χ3v) is 6.74. The minimum absolute atomic E-state index is 0.0150. The van der Waals surface area contributed by atoms with Crippen molar-refractivity contribution in [2.45, 2.75) is 38.2 Å². The number of carbonyl (C=O) groups excluding carboxylic acids is 1. The minimum atomic E-state index is -4.64. The lowest BCUT2D eigenvalue weighted by atomic mass is 10.1. The maximum atomic E-state index is 13.3. The topological polar surface area (TPSA) is 127 Å². The second-order valence-electron chi connectivity index (χ2n) is 9.67. The maximum Gasteiger partial charge on any atom is 0.433 e. The molecule has 1 fully saturated rings. The van der Waals surface area contributed by atoms with Gasteiger partial charge in [0.15, 0.2) is 11.5 Å². The zero-order valence-corrected chi connectivity index (χ0v) is 21.8. The van der Waals surface area contributed by atoms with Gasteiger partial charge in [-0.05, 0) is 55.3 Å². The average Bonchev–Trinajstić information content (AvgIpc) is 3.57. The van der Waals surface area contributed by atoms with Gasteiger partial charge in [0, 0.05) is 36.3 Å². The highest BCUT2D eigenvalue weighted by Gasteiger charge is 2.33. The summed E-state index contributed by atoms with van der Waals surface area (Å²) in [6.07, 6.45) is -4.29. The Kier molecular flexibility index (Phi) is 7.39. The number of nitrogens with one attached hydrogen (secondary N) is 1. The number of amides is 1. The molecule has 12 heteroatoms. The number of ether oxygens (including phenoxy) is 1. The van der Waals surface area contributed by atoms with Crippen LogP contribution in [-0.4, -0.2) is 47.3 Å². The number of nitrogens with zero attached hydrogens (tertiary/aromatic N) is 3. The first-order valence-corrected chi connectivity index (χ1v) is 12.7. The highest BCUT2D eigenvalue weighted by atomic mass is 19.4. The summed E-state index contributed by atoms with van der Waals surface area (Å²) in [7, 11) is 1.34. The van der Waals surface area contributed by atoms with Crippen molar-refractivity contribution in [3.63, 3.8) is 0 Å². The summed E-state index contributed by atoms with van der Waals surface area (Å²) in [5.74, 6) is -0.218. The van der Waals surface area contributed by atoms with Crippen LogP contribution in [0.5, 0.6) is 5.75 Å². The zero-order valence-electron chi connectivity index (χ0n) is 21.8. The Morgan fingerprint density at radius 3 is 2.73 bits per heavy atom. The van der Waals surface area contributed by atoms with Crippen molar-refractivity contribution in [3.8, 4) is 17.2 Å². The van der Waals surface area contributed by atoms with Crippen molar-refractivity contribution in [2.24, 2.45) is 5.73 Å². The van der Waals surface area contributed by atoms with E-state index in [-0.39, 0.29) is 41.3 Å². The van der Waals surface area contributed by atoms with Gasteiger partial charge in [0.2, 0.25) is 5.89 Å². The van der Waals surface area contributed by atoms with E-state index < -0.39 is 23.8 Å². The number of methoxy groups -OCH3 is 1. The number of benzene rings is 2. The third-order valence-electron chi connectivity index (χ3n) is 6.74. The quantitative estimate of drug-likeness (QED) is 0.306. The van der Waals surface area contributed by atoms with Gasteiger partial charge in [-0.2, -0.15) is 13.2 Å². The summed E-state index contributed by atoms with van der Waals surface area (Å²) in [4.78, 5) is 23.4. The van der Waals surface area contributed by atoms with E-state index in [4.69, 9.17) is 14.9 Å². The Hall–Kier alpha value is -4.16. The fraction of sp³-hybridized carbons (Fsp3) is 0.321. The van der Waals surface area contributed by atoms with Crippen LogP contribution in [0.25, 0.3) is 22.4 Å². The number of oxazole rings is 1. The first kappa shape index (κ1) is 27.4. The number of carbonyl (C=O) groups is 1. The van der Waals surface area contributed by atoms with Gasteiger partial charge >= 0.3 is 6.18 Å². The van der Waals surface area contributed by atoms with Gasteiger partial charge in [0.05, 0.1) is 19.3 Å². The molecule has 3 heterocycles. The SMILES string of the molecule is COc1ccc(-c2nc(C(=O)NCc3cccc(N4CC[C@H](O)C4)c3)c([C@H](C)N)o2)c2ccc(C(F)(F)F)nc12.